The predicted octanol–water partition coefficient (Wildman–Crippen LogP) is 8.23. The molecule has 41 heavy (non-hydrogen) atoms. The van der Waals surface area contributed by atoms with Crippen LogP contribution in [0.15, 0.2) is 67.0 Å². The van der Waals surface area contributed by atoms with Crippen molar-refractivity contribution in [1.82, 2.24) is 15.2 Å². The normalized spacial score (nSPS) is 17.3. The van der Waals surface area contributed by atoms with Crippen molar-refractivity contribution < 1.29 is 18.7 Å². The van der Waals surface area contributed by atoms with E-state index in [1.807, 2.05) is 62.2 Å². The van der Waals surface area contributed by atoms with Gasteiger partial charge in [-0.05, 0) is 87.4 Å². The second kappa shape index (κ2) is 12.2. The number of ether oxygens (including phenoxy) is 1. The molecule has 1 aliphatic rings. The smallest absolute Gasteiger partial charge is 0.407 e. The lowest BCUT2D eigenvalue weighted by Gasteiger charge is -2.37. The molecule has 0 aliphatic heterocycles. The SMILES string of the molecule is CC(C)(C)OC(=O)NC1CCC(N(Cc2cccc(-c3cccnc3)c2)C(=O)c2sc3cccc(F)c3c2Cl)CC1. The van der Waals surface area contributed by atoms with Gasteiger partial charge in [-0.2, -0.15) is 0 Å². The number of amides is 2. The first-order valence-corrected chi connectivity index (χ1v) is 14.9. The van der Waals surface area contributed by atoms with Crippen LogP contribution in [0.4, 0.5) is 9.18 Å². The van der Waals surface area contributed by atoms with Crippen LogP contribution in [0, 0.1) is 5.82 Å². The molecule has 2 amide bonds. The summed E-state index contributed by atoms with van der Waals surface area (Å²) in [6, 6.07) is 16.6. The van der Waals surface area contributed by atoms with Gasteiger partial charge < -0.3 is 15.0 Å². The van der Waals surface area contributed by atoms with Crippen molar-refractivity contribution in [1.29, 1.82) is 0 Å². The van der Waals surface area contributed by atoms with Crippen LogP contribution in [0.5, 0.6) is 0 Å². The molecule has 2 aromatic carbocycles. The molecule has 0 unspecified atom stereocenters. The van der Waals surface area contributed by atoms with Crippen LogP contribution in [0.25, 0.3) is 21.2 Å². The number of carbonyl (C=O) groups excluding carboxylic acids is 2. The molecule has 2 aromatic heterocycles. The summed E-state index contributed by atoms with van der Waals surface area (Å²) in [5.41, 5.74) is 2.40. The highest BCUT2D eigenvalue weighted by molar-refractivity contribution is 7.21. The van der Waals surface area contributed by atoms with Gasteiger partial charge in [-0.1, -0.05) is 41.9 Å². The van der Waals surface area contributed by atoms with Gasteiger partial charge in [-0.15, -0.1) is 11.3 Å². The van der Waals surface area contributed by atoms with Crippen LogP contribution >= 0.6 is 22.9 Å². The lowest BCUT2D eigenvalue weighted by atomic mass is 9.89. The number of pyridine rings is 1. The molecule has 1 fully saturated rings. The van der Waals surface area contributed by atoms with E-state index in [2.05, 4.69) is 16.4 Å². The Hall–Kier alpha value is -3.49. The summed E-state index contributed by atoms with van der Waals surface area (Å²) in [5.74, 6) is -0.654. The summed E-state index contributed by atoms with van der Waals surface area (Å²) < 4.78 is 20.7. The third kappa shape index (κ3) is 6.88. The molecule has 0 radical (unpaired) electrons. The number of halogens is 2. The van der Waals surface area contributed by atoms with Crippen molar-refractivity contribution in [3.63, 3.8) is 0 Å². The number of hydrogen-bond donors (Lipinski definition) is 1. The number of benzene rings is 2. The van der Waals surface area contributed by atoms with Crippen LogP contribution in [0.2, 0.25) is 5.02 Å². The zero-order valence-corrected chi connectivity index (χ0v) is 24.9. The third-order valence-electron chi connectivity index (χ3n) is 7.19. The Morgan fingerprint density at radius 2 is 1.80 bits per heavy atom. The fourth-order valence-electron chi connectivity index (χ4n) is 5.29. The molecule has 0 spiro atoms. The van der Waals surface area contributed by atoms with E-state index in [-0.39, 0.29) is 28.4 Å². The number of fused-ring (bicyclic) bond motifs is 1. The van der Waals surface area contributed by atoms with Gasteiger partial charge in [0.15, 0.2) is 0 Å². The standard InChI is InChI=1S/C32H33ClFN3O3S/c1-32(2,3)40-31(39)36-23-12-14-24(15-13-23)37(19-20-7-4-8-21(17-20)22-9-6-16-35-18-22)30(38)29-28(33)27-25(34)10-5-11-26(27)41-29/h4-11,16-18,23-24H,12-15,19H2,1-3H3,(H,36,39). The van der Waals surface area contributed by atoms with E-state index in [9.17, 15) is 14.0 Å². The lowest BCUT2D eigenvalue weighted by Crippen LogP contribution is -2.46. The van der Waals surface area contributed by atoms with Crippen molar-refractivity contribution in [3.05, 3.63) is 88.3 Å². The Morgan fingerprint density at radius 3 is 2.49 bits per heavy atom. The van der Waals surface area contributed by atoms with Crippen molar-refractivity contribution in [2.45, 2.75) is 70.7 Å². The quantitative estimate of drug-likeness (QED) is 0.244. The number of nitrogens with one attached hydrogen (secondary N) is 1. The molecule has 2 heterocycles. The van der Waals surface area contributed by atoms with Crippen molar-refractivity contribution in [2.24, 2.45) is 0 Å². The van der Waals surface area contributed by atoms with Crippen LogP contribution in [-0.4, -0.2) is 39.6 Å². The molecule has 1 saturated carbocycles. The highest BCUT2D eigenvalue weighted by Gasteiger charge is 2.33. The van der Waals surface area contributed by atoms with Gasteiger partial charge in [-0.25, -0.2) is 9.18 Å². The molecule has 6 nitrogen and oxygen atoms in total. The third-order valence-corrected chi connectivity index (χ3v) is 8.83. The van der Waals surface area contributed by atoms with Gasteiger partial charge in [0, 0.05) is 41.1 Å². The van der Waals surface area contributed by atoms with Crippen LogP contribution in [0.1, 0.15) is 61.7 Å². The van der Waals surface area contributed by atoms with E-state index < -0.39 is 17.5 Å². The van der Waals surface area contributed by atoms with E-state index in [1.165, 1.54) is 17.4 Å². The maximum Gasteiger partial charge on any atom is 0.407 e. The number of alkyl carbamates (subject to hydrolysis) is 1. The summed E-state index contributed by atoms with van der Waals surface area (Å²) in [6.07, 6.45) is 5.93. The molecule has 1 N–H and O–H groups in total. The monoisotopic (exact) mass is 593 g/mol. The summed E-state index contributed by atoms with van der Waals surface area (Å²) in [4.78, 5) is 32.9. The molecular formula is C32H33ClFN3O3S. The Labute approximate surface area is 248 Å². The molecule has 5 rings (SSSR count). The van der Waals surface area contributed by atoms with Gasteiger partial charge in [-0.3, -0.25) is 9.78 Å². The van der Waals surface area contributed by atoms with Crippen molar-refractivity contribution in [2.75, 3.05) is 0 Å². The Kier molecular flexibility index (Phi) is 8.61. The van der Waals surface area contributed by atoms with Gasteiger partial charge in [0.05, 0.1) is 5.02 Å². The number of carbonyl (C=O) groups is 2. The molecule has 0 atom stereocenters. The first kappa shape index (κ1) is 29.0. The molecule has 0 bridgehead atoms. The maximum atomic E-state index is 14.6. The number of nitrogens with zero attached hydrogens (tertiary/aromatic N) is 2. The fraction of sp³-hybridized carbons (Fsp3) is 0.344. The van der Waals surface area contributed by atoms with E-state index in [0.717, 1.165) is 16.7 Å². The molecule has 4 aromatic rings. The second-order valence-electron chi connectivity index (χ2n) is 11.4. The first-order valence-electron chi connectivity index (χ1n) is 13.8. The highest BCUT2D eigenvalue weighted by Crippen LogP contribution is 2.39. The largest absolute Gasteiger partial charge is 0.444 e. The second-order valence-corrected chi connectivity index (χ2v) is 12.8. The van der Waals surface area contributed by atoms with Gasteiger partial charge >= 0.3 is 6.09 Å². The Balaban J connectivity index is 1.40. The summed E-state index contributed by atoms with van der Waals surface area (Å²) in [7, 11) is 0. The average Bonchev–Trinajstić information content (AvgIpc) is 3.29. The van der Waals surface area contributed by atoms with Crippen LogP contribution in [0.3, 0.4) is 0 Å². The van der Waals surface area contributed by atoms with E-state index in [4.69, 9.17) is 16.3 Å². The number of aromatic nitrogens is 1. The van der Waals surface area contributed by atoms with E-state index >= 15 is 0 Å². The lowest BCUT2D eigenvalue weighted by molar-refractivity contribution is 0.0454. The van der Waals surface area contributed by atoms with Crippen LogP contribution < -0.4 is 5.32 Å². The summed E-state index contributed by atoms with van der Waals surface area (Å²) >= 11 is 7.85. The first-order chi connectivity index (χ1) is 19.6. The molecule has 9 heteroatoms. The minimum absolute atomic E-state index is 0.0334. The van der Waals surface area contributed by atoms with E-state index in [1.54, 1.807) is 18.3 Å². The zero-order chi connectivity index (χ0) is 29.1. The minimum atomic E-state index is -0.572. The highest BCUT2D eigenvalue weighted by atomic mass is 35.5. The summed E-state index contributed by atoms with van der Waals surface area (Å²) in [6.45, 7) is 5.87. The minimum Gasteiger partial charge on any atom is -0.444 e. The molecular weight excluding hydrogens is 561 g/mol. The number of hydrogen-bond acceptors (Lipinski definition) is 5. The Bertz CT molecular complexity index is 1550. The molecule has 214 valence electrons. The van der Waals surface area contributed by atoms with Crippen molar-refractivity contribution in [3.8, 4) is 11.1 Å². The van der Waals surface area contributed by atoms with E-state index in [0.29, 0.717) is 41.8 Å². The van der Waals surface area contributed by atoms with Gasteiger partial charge in [0.25, 0.3) is 5.91 Å². The molecule has 1 aliphatic carbocycles. The van der Waals surface area contributed by atoms with Gasteiger partial charge in [0.2, 0.25) is 0 Å². The van der Waals surface area contributed by atoms with Crippen LogP contribution in [-0.2, 0) is 11.3 Å². The number of thiophene rings is 1. The van der Waals surface area contributed by atoms with Crippen molar-refractivity contribution >= 4 is 45.0 Å². The Morgan fingerprint density at radius 1 is 1.07 bits per heavy atom. The average molecular weight is 594 g/mol. The topological polar surface area (TPSA) is 71.5 Å². The molecule has 0 saturated heterocycles. The summed E-state index contributed by atoms with van der Waals surface area (Å²) in [5, 5.41) is 3.41. The van der Waals surface area contributed by atoms with Gasteiger partial charge in [0.1, 0.15) is 16.3 Å². The predicted molar refractivity (Wildman–Crippen MR) is 162 cm³/mol. The number of rotatable bonds is 6. The zero-order valence-electron chi connectivity index (χ0n) is 23.3. The fourth-order valence-corrected chi connectivity index (χ4v) is 6.80. The maximum absolute atomic E-state index is 14.6.